The zero-order chi connectivity index (χ0) is 11.3. The number of hydrogen-bond donors (Lipinski definition) is 0. The first-order valence-electron chi connectivity index (χ1n) is 5.36. The first-order chi connectivity index (χ1) is 7.15. The van der Waals surface area contributed by atoms with Crippen molar-refractivity contribution >= 4 is 19.9 Å². The smallest absolute Gasteiger partial charge is 0.00527 e. The van der Waals surface area contributed by atoms with Gasteiger partial charge in [-0.15, -0.1) is 9.24 Å². The predicted molar refractivity (Wildman–Crippen MR) is 74.4 cm³/mol. The van der Waals surface area contributed by atoms with Gasteiger partial charge in [0.15, 0.2) is 0 Å². The first-order valence-corrected chi connectivity index (χ1v) is 7.99. The van der Waals surface area contributed by atoms with Gasteiger partial charge in [-0.2, -0.15) is 0 Å². The lowest BCUT2D eigenvalue weighted by Gasteiger charge is -2.35. The summed E-state index contributed by atoms with van der Waals surface area (Å²) in [6, 6.07) is 0. The molecule has 0 bridgehead atoms. The van der Waals surface area contributed by atoms with Gasteiger partial charge in [-0.1, -0.05) is 61.0 Å². The average Bonchev–Trinajstić information content (AvgIpc) is 2.32. The lowest BCUT2D eigenvalue weighted by molar-refractivity contribution is 1.19. The molecule has 0 spiro atoms. The van der Waals surface area contributed by atoms with Crippen molar-refractivity contribution < 1.29 is 0 Å². The predicted octanol–water partition coefficient (Wildman–Crippen LogP) is 5.29. The van der Waals surface area contributed by atoms with Crippen LogP contribution in [0.1, 0.15) is 27.2 Å². The molecule has 2 heteroatoms. The molecule has 84 valence electrons. The molecule has 0 saturated heterocycles. The summed E-state index contributed by atoms with van der Waals surface area (Å²) in [5.74, 6) is 1.01. The number of rotatable bonds is 2. The fraction of sp³-hybridized carbons (Fsp3) is 0.385. The summed E-state index contributed by atoms with van der Waals surface area (Å²) < 4.78 is 0. The lowest BCUT2D eigenvalue weighted by atomic mass is 10.3. The highest BCUT2D eigenvalue weighted by Gasteiger charge is 2.24. The van der Waals surface area contributed by atoms with Crippen molar-refractivity contribution in [2.24, 2.45) is 0 Å². The molecule has 1 aliphatic heterocycles. The van der Waals surface area contributed by atoms with Crippen LogP contribution >= 0.6 is 19.9 Å². The summed E-state index contributed by atoms with van der Waals surface area (Å²) in [6.07, 6.45) is 13.6. The summed E-state index contributed by atoms with van der Waals surface area (Å²) in [4.78, 5) is 2.68. The van der Waals surface area contributed by atoms with E-state index in [2.05, 4.69) is 51.2 Å². The van der Waals surface area contributed by atoms with E-state index in [-0.39, 0.29) is 0 Å². The van der Waals surface area contributed by atoms with Crippen molar-refractivity contribution in [2.45, 2.75) is 27.2 Å². The van der Waals surface area contributed by atoms with Gasteiger partial charge in [-0.3, -0.25) is 0 Å². The molecule has 1 heterocycles. The molecule has 0 aromatic heterocycles. The average molecular weight is 243 g/mol. The Hall–Kier alpha value is -0.400. The van der Waals surface area contributed by atoms with Gasteiger partial charge in [0, 0.05) is 0 Å². The SMILES string of the molecule is CC/C1=C/C=C\C=C/C=C(/C)S1(Cl)CC. The van der Waals surface area contributed by atoms with Crippen LogP contribution in [0.25, 0.3) is 0 Å². The van der Waals surface area contributed by atoms with E-state index in [1.165, 1.54) is 9.81 Å². The van der Waals surface area contributed by atoms with Crippen LogP contribution in [0.4, 0.5) is 0 Å². The van der Waals surface area contributed by atoms with Gasteiger partial charge in [0.1, 0.15) is 0 Å². The fourth-order valence-electron chi connectivity index (χ4n) is 1.66. The Morgan fingerprint density at radius 1 is 1.07 bits per heavy atom. The molecular weight excluding hydrogens is 224 g/mol. The van der Waals surface area contributed by atoms with Crippen molar-refractivity contribution in [2.75, 3.05) is 5.75 Å². The van der Waals surface area contributed by atoms with Crippen LogP contribution in [0.3, 0.4) is 0 Å². The van der Waals surface area contributed by atoms with Gasteiger partial charge in [0.25, 0.3) is 0 Å². The van der Waals surface area contributed by atoms with Crippen molar-refractivity contribution in [3.05, 3.63) is 46.3 Å². The topological polar surface area (TPSA) is 0 Å². The number of hydrogen-bond acceptors (Lipinski definition) is 0. The monoisotopic (exact) mass is 242 g/mol. The Morgan fingerprint density at radius 3 is 2.20 bits per heavy atom. The van der Waals surface area contributed by atoms with Crippen LogP contribution in [0.2, 0.25) is 0 Å². The minimum atomic E-state index is -1.24. The molecule has 0 aromatic carbocycles. The van der Waals surface area contributed by atoms with Crippen molar-refractivity contribution in [3.63, 3.8) is 0 Å². The highest BCUT2D eigenvalue weighted by Crippen LogP contribution is 2.66. The summed E-state index contributed by atoms with van der Waals surface area (Å²) in [6.45, 7) is 6.50. The molecule has 0 fully saturated rings. The number of halogens is 1. The molecular formula is C13H19ClS. The highest BCUT2D eigenvalue weighted by atomic mass is 35.7. The molecule has 0 aromatic rings. The molecule has 0 aliphatic carbocycles. The van der Waals surface area contributed by atoms with Gasteiger partial charge in [-0.25, -0.2) is 0 Å². The van der Waals surface area contributed by atoms with E-state index >= 15 is 0 Å². The Morgan fingerprint density at radius 2 is 1.67 bits per heavy atom. The van der Waals surface area contributed by atoms with E-state index in [9.17, 15) is 0 Å². The molecule has 1 aliphatic rings. The summed E-state index contributed by atoms with van der Waals surface area (Å²) in [5, 5.41) is 0. The Bertz CT molecular complexity index is 336. The van der Waals surface area contributed by atoms with Crippen LogP contribution in [-0.4, -0.2) is 5.75 Å². The van der Waals surface area contributed by atoms with Crippen LogP contribution in [0.15, 0.2) is 46.3 Å². The van der Waals surface area contributed by atoms with E-state index in [1.807, 2.05) is 6.08 Å². The van der Waals surface area contributed by atoms with Gasteiger partial charge >= 0.3 is 0 Å². The van der Waals surface area contributed by atoms with Gasteiger partial charge in [-0.05, 0) is 28.9 Å². The van der Waals surface area contributed by atoms with Crippen molar-refractivity contribution in [3.8, 4) is 0 Å². The molecule has 1 unspecified atom stereocenters. The van der Waals surface area contributed by atoms with Crippen LogP contribution in [-0.2, 0) is 0 Å². The molecule has 0 radical (unpaired) electrons. The summed E-state index contributed by atoms with van der Waals surface area (Å²) in [5.41, 5.74) is 0. The largest absolute Gasteiger partial charge is 0.117 e. The van der Waals surface area contributed by atoms with Gasteiger partial charge in [0.05, 0.1) is 0 Å². The molecule has 15 heavy (non-hydrogen) atoms. The molecule has 0 saturated carbocycles. The minimum absolute atomic E-state index is 1.01. The maximum absolute atomic E-state index is 6.80. The zero-order valence-electron chi connectivity index (χ0n) is 9.66. The van der Waals surface area contributed by atoms with Gasteiger partial charge < -0.3 is 0 Å². The van der Waals surface area contributed by atoms with E-state index in [4.69, 9.17) is 10.7 Å². The van der Waals surface area contributed by atoms with E-state index in [1.54, 1.807) is 0 Å². The molecule has 1 rings (SSSR count). The first kappa shape index (κ1) is 12.7. The summed E-state index contributed by atoms with van der Waals surface area (Å²) in [7, 11) is 5.57. The second-order valence-corrected chi connectivity index (χ2v) is 8.11. The molecule has 0 nitrogen and oxygen atoms in total. The third kappa shape index (κ3) is 2.79. The second kappa shape index (κ2) is 5.62. The van der Waals surface area contributed by atoms with Gasteiger partial charge in [0.2, 0.25) is 0 Å². The van der Waals surface area contributed by atoms with E-state index < -0.39 is 9.24 Å². The van der Waals surface area contributed by atoms with Crippen LogP contribution < -0.4 is 0 Å². The fourth-order valence-corrected chi connectivity index (χ4v) is 4.59. The van der Waals surface area contributed by atoms with Crippen molar-refractivity contribution in [1.29, 1.82) is 0 Å². The Balaban J connectivity index is 3.23. The number of allylic oxidation sites excluding steroid dienone is 8. The third-order valence-electron chi connectivity index (χ3n) is 2.62. The highest BCUT2D eigenvalue weighted by molar-refractivity contribution is 8.56. The lowest BCUT2D eigenvalue weighted by Crippen LogP contribution is -2.00. The van der Waals surface area contributed by atoms with Crippen molar-refractivity contribution in [1.82, 2.24) is 0 Å². The quantitative estimate of drug-likeness (QED) is 0.617. The van der Waals surface area contributed by atoms with E-state index in [0.717, 1.165) is 12.2 Å². The van der Waals surface area contributed by atoms with E-state index in [0.29, 0.717) is 0 Å². The maximum atomic E-state index is 6.80. The standard InChI is InChI=1S/C13H19ClS/c1-4-13-11-9-7-6-8-10-12(3)15(13,14)5-2/h6-11H,4-5H2,1-3H3/b8-6-,9-7-,12-10-,13-11-. The second-order valence-electron chi connectivity index (χ2n) is 3.48. The minimum Gasteiger partial charge on any atom is -0.117 e. The van der Waals surface area contributed by atoms with Crippen LogP contribution in [0.5, 0.6) is 0 Å². The van der Waals surface area contributed by atoms with Crippen LogP contribution in [0, 0.1) is 0 Å². The Labute approximate surface area is 99.2 Å². The Kier molecular flexibility index (Phi) is 4.75. The molecule has 0 amide bonds. The summed E-state index contributed by atoms with van der Waals surface area (Å²) >= 11 is 0. The third-order valence-corrected chi connectivity index (χ3v) is 7.81. The molecule has 0 N–H and O–H groups in total. The maximum Gasteiger partial charge on any atom is -0.00527 e. The normalized spacial score (nSPS) is 41.9. The molecule has 1 atom stereocenters. The zero-order valence-corrected chi connectivity index (χ0v) is 11.2.